The van der Waals surface area contributed by atoms with E-state index >= 15 is 0 Å². The van der Waals surface area contributed by atoms with E-state index in [4.69, 9.17) is 12.2 Å². The zero-order valence-corrected chi connectivity index (χ0v) is 12.5. The number of aromatic nitrogens is 3. The summed E-state index contributed by atoms with van der Waals surface area (Å²) in [5.74, 6) is 2.44. The molecule has 0 aromatic carbocycles. The SMILES string of the molecule is C[C@H]1CCC2C(=O)N(CC3CC3)c3n[nH]c(=S)n3C2C1. The molecule has 1 aliphatic heterocycles. The van der Waals surface area contributed by atoms with Gasteiger partial charge in [0.25, 0.3) is 0 Å². The van der Waals surface area contributed by atoms with Crippen molar-refractivity contribution in [2.75, 3.05) is 11.4 Å². The Kier molecular flexibility index (Phi) is 2.77. The Balaban J connectivity index is 1.77. The van der Waals surface area contributed by atoms with Crippen molar-refractivity contribution in [1.29, 1.82) is 0 Å². The summed E-state index contributed by atoms with van der Waals surface area (Å²) in [7, 11) is 0. The van der Waals surface area contributed by atoms with Crippen molar-refractivity contribution >= 4 is 24.1 Å². The highest BCUT2D eigenvalue weighted by Gasteiger charge is 2.45. The van der Waals surface area contributed by atoms with Crippen molar-refractivity contribution < 1.29 is 4.79 Å². The van der Waals surface area contributed by atoms with Crippen LogP contribution in [0.3, 0.4) is 0 Å². The van der Waals surface area contributed by atoms with Gasteiger partial charge in [-0.15, -0.1) is 5.10 Å². The lowest BCUT2D eigenvalue weighted by Gasteiger charge is -2.42. The molecule has 6 heteroatoms. The monoisotopic (exact) mass is 292 g/mol. The van der Waals surface area contributed by atoms with Gasteiger partial charge in [-0.25, -0.2) is 5.10 Å². The van der Waals surface area contributed by atoms with Crippen LogP contribution in [0.2, 0.25) is 0 Å². The fourth-order valence-electron chi connectivity index (χ4n) is 3.74. The molecule has 2 saturated carbocycles. The van der Waals surface area contributed by atoms with Gasteiger partial charge >= 0.3 is 0 Å². The van der Waals surface area contributed by atoms with Crippen molar-refractivity contribution in [3.8, 4) is 0 Å². The fourth-order valence-corrected chi connectivity index (χ4v) is 4.00. The predicted octanol–water partition coefficient (Wildman–Crippen LogP) is 2.67. The summed E-state index contributed by atoms with van der Waals surface area (Å²) in [6.45, 7) is 3.08. The Morgan fingerprint density at radius 1 is 1.35 bits per heavy atom. The van der Waals surface area contributed by atoms with Crippen LogP contribution in [0.5, 0.6) is 0 Å². The first kappa shape index (κ1) is 12.6. The van der Waals surface area contributed by atoms with E-state index in [-0.39, 0.29) is 17.9 Å². The van der Waals surface area contributed by atoms with Gasteiger partial charge in [-0.3, -0.25) is 14.3 Å². The fraction of sp³-hybridized carbons (Fsp3) is 0.786. The number of nitrogens with one attached hydrogen (secondary N) is 1. The molecular weight excluding hydrogens is 272 g/mol. The smallest absolute Gasteiger partial charge is 0.234 e. The zero-order valence-electron chi connectivity index (χ0n) is 11.7. The number of aromatic amines is 1. The number of carbonyl (C=O) groups is 1. The second-order valence-electron chi connectivity index (χ2n) is 6.68. The third-order valence-corrected chi connectivity index (χ3v) is 5.35. The van der Waals surface area contributed by atoms with Crippen molar-refractivity contribution in [3.63, 3.8) is 0 Å². The number of H-pyrrole nitrogens is 1. The molecule has 2 heterocycles. The molecule has 20 heavy (non-hydrogen) atoms. The van der Waals surface area contributed by atoms with E-state index in [0.717, 1.165) is 31.8 Å². The number of carbonyl (C=O) groups excluding carboxylic acids is 1. The predicted molar refractivity (Wildman–Crippen MR) is 78.0 cm³/mol. The van der Waals surface area contributed by atoms with E-state index in [1.807, 2.05) is 4.90 Å². The molecule has 1 amide bonds. The van der Waals surface area contributed by atoms with Gasteiger partial charge < -0.3 is 0 Å². The van der Waals surface area contributed by atoms with Crippen LogP contribution in [0.4, 0.5) is 5.95 Å². The van der Waals surface area contributed by atoms with Gasteiger partial charge in [-0.1, -0.05) is 6.92 Å². The molecule has 1 aromatic rings. The molecule has 3 aliphatic rings. The average Bonchev–Trinajstić information content (AvgIpc) is 3.16. The molecular formula is C14H20N4OS. The van der Waals surface area contributed by atoms with E-state index < -0.39 is 0 Å². The largest absolute Gasteiger partial charge is 0.282 e. The third kappa shape index (κ3) is 1.84. The molecule has 4 rings (SSSR count). The molecule has 1 aromatic heterocycles. The van der Waals surface area contributed by atoms with E-state index in [0.29, 0.717) is 16.6 Å². The van der Waals surface area contributed by atoms with Gasteiger partial charge in [-0.05, 0) is 56.2 Å². The average molecular weight is 292 g/mol. The molecule has 108 valence electrons. The highest BCUT2D eigenvalue weighted by atomic mass is 32.1. The van der Waals surface area contributed by atoms with Gasteiger partial charge in [0, 0.05) is 6.54 Å². The highest BCUT2D eigenvalue weighted by molar-refractivity contribution is 7.71. The van der Waals surface area contributed by atoms with Crippen LogP contribution >= 0.6 is 12.2 Å². The number of hydrogen-bond donors (Lipinski definition) is 1. The molecule has 0 spiro atoms. The minimum atomic E-state index is 0.0988. The van der Waals surface area contributed by atoms with E-state index in [9.17, 15) is 4.79 Å². The summed E-state index contributed by atoms with van der Waals surface area (Å²) >= 11 is 5.41. The second kappa shape index (κ2) is 4.41. The molecule has 1 N–H and O–H groups in total. The number of rotatable bonds is 2. The number of nitrogens with zero attached hydrogens (tertiary/aromatic N) is 3. The normalized spacial score (nSPS) is 33.0. The van der Waals surface area contributed by atoms with Crippen LogP contribution in [0, 0.1) is 22.5 Å². The van der Waals surface area contributed by atoms with E-state index in [1.54, 1.807) is 0 Å². The maximum absolute atomic E-state index is 12.8. The Morgan fingerprint density at radius 2 is 2.15 bits per heavy atom. The first-order valence-corrected chi connectivity index (χ1v) is 8.04. The molecule has 2 aliphatic carbocycles. The van der Waals surface area contributed by atoms with Gasteiger partial charge in [0.15, 0.2) is 4.77 Å². The van der Waals surface area contributed by atoms with Crippen LogP contribution in [-0.4, -0.2) is 27.2 Å². The lowest BCUT2D eigenvalue weighted by molar-refractivity contribution is -0.126. The lowest BCUT2D eigenvalue weighted by Crippen LogP contribution is -2.49. The second-order valence-corrected chi connectivity index (χ2v) is 7.07. The minimum Gasteiger partial charge on any atom is -0.282 e. The Labute approximate surface area is 123 Å². The Morgan fingerprint density at radius 3 is 2.90 bits per heavy atom. The standard InChI is InChI=1S/C14H20N4OS/c1-8-2-5-10-11(6-8)18-13(15-16-14(18)20)17(12(10)19)7-9-3-4-9/h8-11H,2-7H2,1H3,(H,16,20)/t8-,10?,11?/m0/s1. The maximum Gasteiger partial charge on any atom is 0.234 e. The maximum atomic E-state index is 12.8. The summed E-state index contributed by atoms with van der Waals surface area (Å²) in [6.07, 6.45) is 5.64. The third-order valence-electron chi connectivity index (χ3n) is 5.06. The molecule has 5 nitrogen and oxygen atoms in total. The molecule has 2 unspecified atom stereocenters. The first-order valence-electron chi connectivity index (χ1n) is 7.63. The molecule has 0 radical (unpaired) electrons. The number of amides is 1. The summed E-state index contributed by atoms with van der Waals surface area (Å²) < 4.78 is 2.77. The van der Waals surface area contributed by atoms with E-state index in [1.165, 1.54) is 12.8 Å². The highest BCUT2D eigenvalue weighted by Crippen LogP contribution is 2.44. The quantitative estimate of drug-likeness (QED) is 0.853. The van der Waals surface area contributed by atoms with Crippen LogP contribution in [-0.2, 0) is 4.79 Å². The summed E-state index contributed by atoms with van der Waals surface area (Å²) in [5.41, 5.74) is 0. The molecule has 2 fully saturated rings. The van der Waals surface area contributed by atoms with Crippen LogP contribution in [0.15, 0.2) is 0 Å². The van der Waals surface area contributed by atoms with Crippen LogP contribution in [0.25, 0.3) is 0 Å². The molecule has 3 atom stereocenters. The number of fused-ring (bicyclic) bond motifs is 3. The van der Waals surface area contributed by atoms with Gasteiger partial charge in [0.05, 0.1) is 12.0 Å². The lowest BCUT2D eigenvalue weighted by atomic mass is 9.77. The van der Waals surface area contributed by atoms with Crippen molar-refractivity contribution in [3.05, 3.63) is 4.77 Å². The zero-order chi connectivity index (χ0) is 13.9. The van der Waals surface area contributed by atoms with Crippen molar-refractivity contribution in [2.24, 2.45) is 17.8 Å². The summed E-state index contributed by atoms with van der Waals surface area (Å²) in [4.78, 5) is 14.7. The topological polar surface area (TPSA) is 53.9 Å². The van der Waals surface area contributed by atoms with Crippen molar-refractivity contribution in [1.82, 2.24) is 14.8 Å². The first-order chi connectivity index (χ1) is 9.65. The van der Waals surface area contributed by atoms with E-state index in [2.05, 4.69) is 21.7 Å². The molecule has 0 bridgehead atoms. The Bertz CT molecular complexity index is 603. The minimum absolute atomic E-state index is 0.0988. The summed E-state index contributed by atoms with van der Waals surface area (Å²) in [6, 6.07) is 0.211. The number of anilines is 1. The number of hydrogen-bond acceptors (Lipinski definition) is 3. The Hall–Kier alpha value is -1.17. The van der Waals surface area contributed by atoms with Gasteiger partial charge in [0.1, 0.15) is 0 Å². The van der Waals surface area contributed by atoms with Crippen molar-refractivity contribution in [2.45, 2.75) is 45.1 Å². The van der Waals surface area contributed by atoms with Crippen LogP contribution < -0.4 is 4.90 Å². The van der Waals surface area contributed by atoms with Gasteiger partial charge in [-0.2, -0.15) is 0 Å². The summed E-state index contributed by atoms with van der Waals surface area (Å²) in [5, 5.41) is 7.23. The van der Waals surface area contributed by atoms with Crippen LogP contribution in [0.1, 0.15) is 45.1 Å². The van der Waals surface area contributed by atoms with Gasteiger partial charge in [0.2, 0.25) is 11.9 Å². The molecule has 0 saturated heterocycles.